The van der Waals surface area contributed by atoms with Gasteiger partial charge in [0.25, 0.3) is 0 Å². The lowest BCUT2D eigenvalue weighted by Gasteiger charge is -2.27. The number of ether oxygens (including phenoxy) is 2. The van der Waals surface area contributed by atoms with Crippen LogP contribution >= 0.6 is 11.8 Å². The third-order valence-corrected chi connectivity index (χ3v) is 4.77. The van der Waals surface area contributed by atoms with Crippen LogP contribution in [0.4, 0.5) is 5.69 Å². The predicted octanol–water partition coefficient (Wildman–Crippen LogP) is 1.58. The molecule has 7 nitrogen and oxygen atoms in total. The number of benzene rings is 1. The van der Waals surface area contributed by atoms with E-state index in [1.54, 1.807) is 31.2 Å². The Morgan fingerprint density at radius 1 is 1.24 bits per heavy atom. The number of esters is 1. The van der Waals surface area contributed by atoms with Crippen LogP contribution in [-0.2, 0) is 19.1 Å². The fraction of sp³-hybridized carbons (Fsp3) is 0.471. The van der Waals surface area contributed by atoms with E-state index in [2.05, 4.69) is 10.6 Å². The number of anilines is 1. The smallest absolute Gasteiger partial charge is 0.329 e. The van der Waals surface area contributed by atoms with Gasteiger partial charge in [0.15, 0.2) is 0 Å². The van der Waals surface area contributed by atoms with Crippen molar-refractivity contribution in [3.63, 3.8) is 0 Å². The lowest BCUT2D eigenvalue weighted by Crippen LogP contribution is -2.51. The summed E-state index contributed by atoms with van der Waals surface area (Å²) in [7, 11) is 0. The van der Waals surface area contributed by atoms with Crippen molar-refractivity contribution >= 4 is 35.2 Å². The van der Waals surface area contributed by atoms with Crippen molar-refractivity contribution in [2.45, 2.75) is 31.6 Å². The number of amides is 2. The van der Waals surface area contributed by atoms with Crippen LogP contribution in [0.2, 0.25) is 0 Å². The highest BCUT2D eigenvalue weighted by atomic mass is 32.2. The lowest BCUT2D eigenvalue weighted by molar-refractivity contribution is -0.146. The van der Waals surface area contributed by atoms with E-state index in [4.69, 9.17) is 9.47 Å². The highest BCUT2D eigenvalue weighted by molar-refractivity contribution is 8.00. The van der Waals surface area contributed by atoms with Crippen molar-refractivity contribution in [3.05, 3.63) is 24.3 Å². The lowest BCUT2D eigenvalue weighted by atomic mass is 10.2. The Bertz CT molecular complexity index is 620. The Balaban J connectivity index is 1.82. The summed E-state index contributed by atoms with van der Waals surface area (Å²) in [5.41, 5.74) is 0.638. The zero-order valence-corrected chi connectivity index (χ0v) is 15.1. The molecular weight excluding hydrogens is 344 g/mol. The maximum atomic E-state index is 12.1. The fourth-order valence-corrected chi connectivity index (χ4v) is 3.43. The second kappa shape index (κ2) is 9.31. The van der Waals surface area contributed by atoms with Gasteiger partial charge in [0.1, 0.15) is 11.8 Å². The average molecular weight is 366 g/mol. The molecule has 2 N–H and O–H groups in total. The van der Waals surface area contributed by atoms with Gasteiger partial charge in [0, 0.05) is 17.9 Å². The van der Waals surface area contributed by atoms with Crippen molar-refractivity contribution in [2.24, 2.45) is 0 Å². The van der Waals surface area contributed by atoms with Crippen molar-refractivity contribution in [1.82, 2.24) is 5.32 Å². The molecule has 1 aromatic rings. The van der Waals surface area contributed by atoms with Crippen LogP contribution in [0.1, 0.15) is 20.3 Å². The zero-order valence-electron chi connectivity index (χ0n) is 14.2. The summed E-state index contributed by atoms with van der Waals surface area (Å²) in [6, 6.07) is 6.38. The standard InChI is InChI=1S/C17H22N2O5S/c1-3-23-12-7-5-11(6-8-12)18-15(20)9-14-16(21)19-13(10-25-14)17(22)24-4-2/h5-8,13-14H,3-4,9-10H2,1-2H3,(H,18,20)(H,19,21)/t13-,14-/m1/s1. The first-order chi connectivity index (χ1) is 12.0. The Kier molecular flexibility index (Phi) is 7.12. The van der Waals surface area contributed by atoms with Gasteiger partial charge in [-0.1, -0.05) is 0 Å². The summed E-state index contributed by atoms with van der Waals surface area (Å²) in [6.07, 6.45) is 0.0409. The van der Waals surface area contributed by atoms with Gasteiger partial charge in [0.2, 0.25) is 11.8 Å². The number of nitrogens with one attached hydrogen (secondary N) is 2. The summed E-state index contributed by atoms with van der Waals surface area (Å²) < 4.78 is 10.2. The third-order valence-electron chi connectivity index (χ3n) is 3.46. The van der Waals surface area contributed by atoms with Gasteiger partial charge in [-0.25, -0.2) is 4.79 Å². The van der Waals surface area contributed by atoms with Gasteiger partial charge >= 0.3 is 5.97 Å². The first-order valence-electron chi connectivity index (χ1n) is 8.14. The van der Waals surface area contributed by atoms with E-state index in [0.717, 1.165) is 5.75 Å². The normalized spacial score (nSPS) is 19.7. The molecule has 0 bridgehead atoms. The Labute approximate surface area is 150 Å². The van der Waals surface area contributed by atoms with E-state index >= 15 is 0 Å². The second-order valence-electron chi connectivity index (χ2n) is 5.34. The summed E-state index contributed by atoms with van der Waals surface area (Å²) in [5.74, 6) is 0.0990. The second-order valence-corrected chi connectivity index (χ2v) is 6.58. The number of hydrogen-bond acceptors (Lipinski definition) is 6. The van der Waals surface area contributed by atoms with Crippen LogP contribution in [0.3, 0.4) is 0 Å². The van der Waals surface area contributed by atoms with Crippen LogP contribution in [0.15, 0.2) is 24.3 Å². The number of carbonyl (C=O) groups is 3. The molecule has 1 heterocycles. The number of rotatable bonds is 7. The molecule has 136 valence electrons. The topological polar surface area (TPSA) is 93.7 Å². The van der Waals surface area contributed by atoms with Crippen molar-refractivity contribution < 1.29 is 23.9 Å². The SMILES string of the molecule is CCOC(=O)[C@H]1CS[C@H](CC(=O)Nc2ccc(OCC)cc2)C(=O)N1. The van der Waals surface area contributed by atoms with E-state index in [1.807, 2.05) is 6.92 Å². The molecule has 1 fully saturated rings. The molecular formula is C17H22N2O5S. The Morgan fingerprint density at radius 3 is 2.56 bits per heavy atom. The summed E-state index contributed by atoms with van der Waals surface area (Å²) >= 11 is 1.29. The molecule has 1 aliphatic heterocycles. The molecule has 1 aliphatic rings. The van der Waals surface area contributed by atoms with E-state index in [-0.39, 0.29) is 24.8 Å². The van der Waals surface area contributed by atoms with Gasteiger partial charge in [-0.15, -0.1) is 11.8 Å². The van der Waals surface area contributed by atoms with E-state index in [9.17, 15) is 14.4 Å². The maximum Gasteiger partial charge on any atom is 0.329 e. The molecule has 1 saturated heterocycles. The molecule has 0 aromatic heterocycles. The minimum Gasteiger partial charge on any atom is -0.494 e. The Morgan fingerprint density at radius 2 is 1.96 bits per heavy atom. The quantitative estimate of drug-likeness (QED) is 0.712. The number of carbonyl (C=O) groups excluding carboxylic acids is 3. The predicted molar refractivity (Wildman–Crippen MR) is 95.7 cm³/mol. The van der Waals surface area contributed by atoms with Crippen LogP contribution in [0, 0.1) is 0 Å². The average Bonchev–Trinajstić information content (AvgIpc) is 2.59. The largest absolute Gasteiger partial charge is 0.494 e. The first-order valence-corrected chi connectivity index (χ1v) is 9.19. The summed E-state index contributed by atoms with van der Waals surface area (Å²) in [4.78, 5) is 35.9. The molecule has 25 heavy (non-hydrogen) atoms. The van der Waals surface area contributed by atoms with E-state index in [0.29, 0.717) is 18.0 Å². The van der Waals surface area contributed by atoms with Crippen LogP contribution in [-0.4, -0.2) is 48.0 Å². The molecule has 8 heteroatoms. The molecule has 2 atom stereocenters. The number of thioether (sulfide) groups is 1. The van der Waals surface area contributed by atoms with Crippen LogP contribution < -0.4 is 15.4 Å². The van der Waals surface area contributed by atoms with Gasteiger partial charge in [-0.2, -0.15) is 0 Å². The Hall–Kier alpha value is -2.22. The van der Waals surface area contributed by atoms with Gasteiger partial charge < -0.3 is 20.1 Å². The number of hydrogen-bond donors (Lipinski definition) is 2. The first kappa shape index (κ1) is 19.1. The van der Waals surface area contributed by atoms with Gasteiger partial charge in [0.05, 0.1) is 18.5 Å². The molecule has 0 saturated carbocycles. The van der Waals surface area contributed by atoms with E-state index < -0.39 is 17.3 Å². The third kappa shape index (κ3) is 5.67. The highest BCUT2D eigenvalue weighted by Crippen LogP contribution is 2.22. The minimum atomic E-state index is -0.650. The monoisotopic (exact) mass is 366 g/mol. The van der Waals surface area contributed by atoms with E-state index in [1.165, 1.54) is 11.8 Å². The molecule has 2 amide bonds. The van der Waals surface area contributed by atoms with Gasteiger partial charge in [-0.05, 0) is 38.1 Å². The molecule has 0 aliphatic carbocycles. The molecule has 0 radical (unpaired) electrons. The van der Waals surface area contributed by atoms with Gasteiger partial charge in [-0.3, -0.25) is 9.59 Å². The molecule has 0 unspecified atom stereocenters. The minimum absolute atomic E-state index is 0.0409. The van der Waals surface area contributed by atoms with Crippen LogP contribution in [0.5, 0.6) is 5.75 Å². The molecule has 2 rings (SSSR count). The maximum absolute atomic E-state index is 12.1. The van der Waals surface area contributed by atoms with Crippen molar-refractivity contribution in [2.75, 3.05) is 24.3 Å². The van der Waals surface area contributed by atoms with Crippen LogP contribution in [0.25, 0.3) is 0 Å². The highest BCUT2D eigenvalue weighted by Gasteiger charge is 2.34. The molecule has 1 aromatic carbocycles. The summed E-state index contributed by atoms with van der Waals surface area (Å²) in [6.45, 7) is 4.45. The fourth-order valence-electron chi connectivity index (χ4n) is 2.30. The van der Waals surface area contributed by atoms with Crippen molar-refractivity contribution in [1.29, 1.82) is 0 Å². The summed E-state index contributed by atoms with van der Waals surface area (Å²) in [5, 5.41) is 4.84. The zero-order chi connectivity index (χ0) is 18.2. The van der Waals surface area contributed by atoms with Crippen molar-refractivity contribution in [3.8, 4) is 5.75 Å². The molecule has 0 spiro atoms.